The van der Waals surface area contributed by atoms with Gasteiger partial charge in [0.25, 0.3) is 0 Å². The van der Waals surface area contributed by atoms with Crippen LogP contribution in [0.5, 0.6) is 0 Å². The van der Waals surface area contributed by atoms with E-state index in [9.17, 15) is 4.79 Å². The van der Waals surface area contributed by atoms with Crippen molar-refractivity contribution in [2.24, 2.45) is 11.8 Å². The van der Waals surface area contributed by atoms with Crippen LogP contribution in [0.4, 0.5) is 0 Å². The van der Waals surface area contributed by atoms with Gasteiger partial charge in [-0.1, -0.05) is 12.2 Å². The first-order valence-electron chi connectivity index (χ1n) is 6.21. The zero-order valence-electron chi connectivity index (χ0n) is 10.0. The molecule has 0 aromatic rings. The Morgan fingerprint density at radius 1 is 1.59 bits per heavy atom. The molecule has 92 valence electrons. The molecule has 2 aliphatic heterocycles. The molecule has 3 aliphatic rings. The molecular weight excluding hydrogens is 216 g/mol. The molecule has 3 unspecified atom stereocenters. The zero-order valence-corrected chi connectivity index (χ0v) is 10.0. The summed E-state index contributed by atoms with van der Waals surface area (Å²) < 4.78 is 4.92. The fourth-order valence-electron chi connectivity index (χ4n) is 3.53. The van der Waals surface area contributed by atoms with Crippen molar-refractivity contribution in [2.75, 3.05) is 20.2 Å². The van der Waals surface area contributed by atoms with Crippen LogP contribution in [0.1, 0.15) is 12.8 Å². The molecule has 17 heavy (non-hydrogen) atoms. The molecule has 3 atom stereocenters. The fraction of sp³-hybridized carbons (Fsp3) is 0.615. The Morgan fingerprint density at radius 3 is 3.29 bits per heavy atom. The van der Waals surface area contributed by atoms with Gasteiger partial charge in [-0.15, -0.1) is 0 Å². The maximum atomic E-state index is 11.8. The summed E-state index contributed by atoms with van der Waals surface area (Å²) in [6.45, 7) is 1.70. The summed E-state index contributed by atoms with van der Waals surface area (Å²) in [5.74, 6) is 0.257. The number of hydrogen-bond donors (Lipinski definition) is 2. The van der Waals surface area contributed by atoms with Gasteiger partial charge in [0, 0.05) is 19.3 Å². The highest BCUT2D eigenvalue weighted by molar-refractivity contribution is 5.74. The molecule has 1 fully saturated rings. The number of methoxy groups -OCH3 is 1. The van der Waals surface area contributed by atoms with Gasteiger partial charge in [-0.3, -0.25) is 4.79 Å². The third-order valence-electron chi connectivity index (χ3n) is 4.38. The molecule has 1 aliphatic carbocycles. The summed E-state index contributed by atoms with van der Waals surface area (Å²) in [6, 6.07) is 0. The molecule has 0 amide bonds. The number of nitrogens with one attached hydrogen (secondary N) is 2. The molecule has 4 nitrogen and oxygen atoms in total. The van der Waals surface area contributed by atoms with Crippen molar-refractivity contribution >= 4 is 5.97 Å². The fourth-order valence-corrected chi connectivity index (χ4v) is 3.53. The molecule has 0 saturated carbocycles. The second-order valence-electron chi connectivity index (χ2n) is 5.03. The van der Waals surface area contributed by atoms with Crippen molar-refractivity contribution in [1.29, 1.82) is 0 Å². The number of carbonyl (C=O) groups is 1. The molecule has 0 radical (unpaired) electrons. The smallest absolute Gasteiger partial charge is 0.310 e. The summed E-state index contributed by atoms with van der Waals surface area (Å²) in [7, 11) is 1.48. The van der Waals surface area contributed by atoms with E-state index in [0.717, 1.165) is 25.9 Å². The summed E-state index contributed by atoms with van der Waals surface area (Å²) in [5, 5.41) is 6.86. The van der Waals surface area contributed by atoms with Gasteiger partial charge in [0.05, 0.1) is 18.6 Å². The van der Waals surface area contributed by atoms with Crippen LogP contribution in [0.3, 0.4) is 0 Å². The summed E-state index contributed by atoms with van der Waals surface area (Å²) in [6.07, 6.45) is 8.43. The van der Waals surface area contributed by atoms with Crippen LogP contribution in [-0.2, 0) is 9.53 Å². The predicted octanol–water partition coefficient (Wildman–Crippen LogP) is 0.571. The molecule has 0 bridgehead atoms. The lowest BCUT2D eigenvalue weighted by atomic mass is 9.68. The molecule has 1 saturated heterocycles. The van der Waals surface area contributed by atoms with Gasteiger partial charge in [0.1, 0.15) is 0 Å². The van der Waals surface area contributed by atoms with Crippen molar-refractivity contribution in [3.8, 4) is 0 Å². The van der Waals surface area contributed by atoms with Crippen LogP contribution >= 0.6 is 0 Å². The second-order valence-corrected chi connectivity index (χ2v) is 5.03. The molecule has 3 rings (SSSR count). The van der Waals surface area contributed by atoms with Crippen molar-refractivity contribution in [2.45, 2.75) is 18.4 Å². The van der Waals surface area contributed by atoms with Crippen molar-refractivity contribution < 1.29 is 9.53 Å². The van der Waals surface area contributed by atoms with E-state index in [2.05, 4.69) is 29.0 Å². The van der Waals surface area contributed by atoms with Crippen LogP contribution in [0, 0.1) is 11.8 Å². The monoisotopic (exact) mass is 234 g/mol. The predicted molar refractivity (Wildman–Crippen MR) is 64.2 cm³/mol. The van der Waals surface area contributed by atoms with Crippen LogP contribution in [0.2, 0.25) is 0 Å². The highest BCUT2D eigenvalue weighted by atomic mass is 16.5. The van der Waals surface area contributed by atoms with E-state index >= 15 is 0 Å². The topological polar surface area (TPSA) is 50.4 Å². The Hall–Kier alpha value is -1.29. The summed E-state index contributed by atoms with van der Waals surface area (Å²) >= 11 is 0. The molecule has 2 heterocycles. The summed E-state index contributed by atoms with van der Waals surface area (Å²) in [4.78, 5) is 11.8. The average molecular weight is 234 g/mol. The van der Waals surface area contributed by atoms with E-state index in [4.69, 9.17) is 4.74 Å². The van der Waals surface area contributed by atoms with Gasteiger partial charge in [0.2, 0.25) is 0 Å². The Balaban J connectivity index is 1.97. The molecule has 0 aromatic carbocycles. The minimum atomic E-state index is -0.0763. The Morgan fingerprint density at radius 2 is 2.47 bits per heavy atom. The quantitative estimate of drug-likeness (QED) is 0.651. The number of carbonyl (C=O) groups excluding carboxylic acids is 1. The normalized spacial score (nSPS) is 38.8. The SMILES string of the molecule is COC(=O)C1CNC23CCNC=C2C=CCC13. The lowest BCUT2D eigenvalue weighted by Gasteiger charge is -2.42. The van der Waals surface area contributed by atoms with Gasteiger partial charge >= 0.3 is 5.97 Å². The van der Waals surface area contributed by atoms with Crippen LogP contribution in [0.15, 0.2) is 23.9 Å². The average Bonchev–Trinajstić information content (AvgIpc) is 2.75. The number of ether oxygens (including phenoxy) is 1. The van der Waals surface area contributed by atoms with E-state index in [1.165, 1.54) is 12.7 Å². The van der Waals surface area contributed by atoms with Gasteiger partial charge < -0.3 is 15.4 Å². The van der Waals surface area contributed by atoms with Gasteiger partial charge in [-0.25, -0.2) is 0 Å². The number of rotatable bonds is 1. The maximum Gasteiger partial charge on any atom is 0.310 e. The third kappa shape index (κ3) is 1.43. The maximum absolute atomic E-state index is 11.8. The van der Waals surface area contributed by atoms with E-state index in [1.54, 1.807) is 0 Å². The lowest BCUT2D eigenvalue weighted by molar-refractivity contribution is -0.146. The minimum Gasteiger partial charge on any atom is -0.469 e. The summed E-state index contributed by atoms with van der Waals surface area (Å²) in [5.41, 5.74) is 1.28. The second kappa shape index (κ2) is 3.88. The van der Waals surface area contributed by atoms with Gasteiger partial charge in [-0.2, -0.15) is 0 Å². The molecule has 2 N–H and O–H groups in total. The first-order chi connectivity index (χ1) is 8.28. The Labute approximate surface area is 101 Å². The lowest BCUT2D eigenvalue weighted by Crippen LogP contribution is -2.52. The number of esters is 1. The standard InChI is InChI=1S/C13H18N2O2/c1-17-12(16)10-8-15-13-5-6-14-7-9(13)3-2-4-11(10)13/h2-3,7,10-11,14-15H,4-6,8H2,1H3. The van der Waals surface area contributed by atoms with E-state index in [1.807, 2.05) is 0 Å². The Bertz CT molecular complexity index is 402. The highest BCUT2D eigenvalue weighted by Gasteiger charge is 2.53. The van der Waals surface area contributed by atoms with E-state index < -0.39 is 0 Å². The molecule has 1 spiro atoms. The molecular formula is C13H18N2O2. The van der Waals surface area contributed by atoms with Crippen LogP contribution in [0.25, 0.3) is 0 Å². The molecule has 0 aromatic heterocycles. The first-order valence-corrected chi connectivity index (χ1v) is 6.21. The van der Waals surface area contributed by atoms with E-state index in [-0.39, 0.29) is 17.4 Å². The first kappa shape index (κ1) is 10.8. The zero-order chi connectivity index (χ0) is 11.9. The van der Waals surface area contributed by atoms with E-state index in [0.29, 0.717) is 5.92 Å². The van der Waals surface area contributed by atoms with Crippen molar-refractivity contribution in [3.05, 3.63) is 23.9 Å². The van der Waals surface area contributed by atoms with Gasteiger partial charge in [-0.05, 0) is 24.3 Å². The van der Waals surface area contributed by atoms with Gasteiger partial charge in [0.15, 0.2) is 0 Å². The largest absolute Gasteiger partial charge is 0.469 e. The van der Waals surface area contributed by atoms with Crippen molar-refractivity contribution in [3.63, 3.8) is 0 Å². The third-order valence-corrected chi connectivity index (χ3v) is 4.38. The Kier molecular flexibility index (Phi) is 2.47. The van der Waals surface area contributed by atoms with Crippen molar-refractivity contribution in [1.82, 2.24) is 10.6 Å². The minimum absolute atomic E-state index is 0.00113. The highest BCUT2D eigenvalue weighted by Crippen LogP contribution is 2.45. The number of allylic oxidation sites excluding steroid dienone is 1. The number of hydrogen-bond acceptors (Lipinski definition) is 4. The molecule has 4 heteroatoms. The van der Waals surface area contributed by atoms with Crippen LogP contribution in [-0.4, -0.2) is 31.7 Å². The van der Waals surface area contributed by atoms with Crippen LogP contribution < -0.4 is 10.6 Å².